The van der Waals surface area contributed by atoms with E-state index in [0.29, 0.717) is 18.7 Å². The maximum absolute atomic E-state index is 13.5. The minimum Gasteiger partial charge on any atom is -0.370 e. The summed E-state index contributed by atoms with van der Waals surface area (Å²) in [5.41, 5.74) is -1.45. The molecular weight excluding hydrogens is 276 g/mol. The molecule has 1 aromatic carbocycles. The molecule has 0 N–H and O–H groups in total. The average molecular weight is 290 g/mol. The Kier molecular flexibility index (Phi) is 4.13. The first-order valence-electron chi connectivity index (χ1n) is 6.37. The molecule has 0 aliphatic heterocycles. The van der Waals surface area contributed by atoms with Gasteiger partial charge in [-0.3, -0.25) is 4.79 Å². The van der Waals surface area contributed by atoms with Crippen molar-refractivity contribution in [3.8, 4) is 0 Å². The fourth-order valence-corrected chi connectivity index (χ4v) is 2.07. The Hall–Kier alpha value is -1.43. The monoisotopic (exact) mass is 290 g/mol. The molecule has 0 spiro atoms. The minimum atomic E-state index is -4.76. The van der Waals surface area contributed by atoms with Crippen molar-refractivity contribution in [2.75, 3.05) is 6.61 Å². The highest BCUT2D eigenvalue weighted by atomic mass is 19.4. The quantitative estimate of drug-likeness (QED) is 0.608. The summed E-state index contributed by atoms with van der Waals surface area (Å²) in [6.07, 6.45) is -3.75. The van der Waals surface area contributed by atoms with Crippen molar-refractivity contribution in [3.63, 3.8) is 0 Å². The molecule has 0 heterocycles. The van der Waals surface area contributed by atoms with E-state index in [1.54, 1.807) is 6.92 Å². The molecule has 1 aliphatic carbocycles. The maximum Gasteiger partial charge on any atom is 0.419 e. The van der Waals surface area contributed by atoms with Crippen molar-refractivity contribution < 1.29 is 27.1 Å². The van der Waals surface area contributed by atoms with Gasteiger partial charge in [0, 0.05) is 12.2 Å². The Bertz CT molecular complexity index is 506. The van der Waals surface area contributed by atoms with Gasteiger partial charge in [-0.05, 0) is 37.8 Å². The van der Waals surface area contributed by atoms with Crippen molar-refractivity contribution in [1.29, 1.82) is 0 Å². The fourth-order valence-electron chi connectivity index (χ4n) is 2.07. The number of carbonyl (C=O) groups is 1. The Morgan fingerprint density at radius 2 is 2.05 bits per heavy atom. The molecule has 0 bridgehead atoms. The number of ketones is 1. The molecule has 1 saturated carbocycles. The van der Waals surface area contributed by atoms with E-state index in [0.717, 1.165) is 18.9 Å². The van der Waals surface area contributed by atoms with Crippen LogP contribution in [0.15, 0.2) is 18.2 Å². The molecule has 0 radical (unpaired) electrons. The van der Waals surface area contributed by atoms with Gasteiger partial charge < -0.3 is 4.74 Å². The van der Waals surface area contributed by atoms with Crippen LogP contribution in [0.25, 0.3) is 0 Å². The predicted octanol–water partition coefficient (Wildman–Crippen LogP) is 3.84. The van der Waals surface area contributed by atoms with E-state index in [1.807, 2.05) is 0 Å². The van der Waals surface area contributed by atoms with Crippen LogP contribution in [0.3, 0.4) is 0 Å². The van der Waals surface area contributed by atoms with Crippen molar-refractivity contribution in [2.45, 2.75) is 32.0 Å². The topological polar surface area (TPSA) is 26.3 Å². The van der Waals surface area contributed by atoms with Crippen molar-refractivity contribution >= 4 is 5.78 Å². The van der Waals surface area contributed by atoms with Gasteiger partial charge in [0.25, 0.3) is 0 Å². The largest absolute Gasteiger partial charge is 0.419 e. The number of rotatable bonds is 5. The summed E-state index contributed by atoms with van der Waals surface area (Å²) < 4.78 is 56.1. The summed E-state index contributed by atoms with van der Waals surface area (Å²) >= 11 is 0. The molecule has 6 heteroatoms. The Balaban J connectivity index is 2.24. The number of carbonyl (C=O) groups excluding carboxylic acids is 1. The molecular formula is C14H14F4O2. The zero-order chi connectivity index (χ0) is 14.9. The van der Waals surface area contributed by atoms with Crippen LogP contribution in [0.4, 0.5) is 17.6 Å². The molecule has 2 rings (SSSR count). The van der Waals surface area contributed by atoms with E-state index in [4.69, 9.17) is 4.74 Å². The fraction of sp³-hybridized carbons (Fsp3) is 0.500. The molecule has 1 aliphatic rings. The molecule has 1 unspecified atom stereocenters. The van der Waals surface area contributed by atoms with Crippen molar-refractivity contribution in [1.82, 2.24) is 0 Å². The lowest BCUT2D eigenvalue weighted by Gasteiger charge is -2.16. The van der Waals surface area contributed by atoms with Gasteiger partial charge in [-0.15, -0.1) is 0 Å². The number of hydrogen-bond donors (Lipinski definition) is 0. The summed E-state index contributed by atoms with van der Waals surface area (Å²) in [5, 5.41) is 0. The second-order valence-corrected chi connectivity index (χ2v) is 4.77. The highest BCUT2D eigenvalue weighted by Crippen LogP contribution is 2.37. The van der Waals surface area contributed by atoms with Crippen molar-refractivity contribution in [2.24, 2.45) is 5.92 Å². The highest BCUT2D eigenvalue weighted by molar-refractivity contribution is 6.00. The number of halogens is 4. The van der Waals surface area contributed by atoms with Crippen LogP contribution in [-0.2, 0) is 10.9 Å². The first kappa shape index (κ1) is 15.0. The molecule has 2 nitrogen and oxygen atoms in total. The SMILES string of the molecule is CCOC(C(=O)c1ccc(C(F)(F)F)c(F)c1)C1CC1. The van der Waals surface area contributed by atoms with Crippen molar-refractivity contribution in [3.05, 3.63) is 35.1 Å². The molecule has 1 atom stereocenters. The van der Waals surface area contributed by atoms with Gasteiger partial charge >= 0.3 is 6.18 Å². The smallest absolute Gasteiger partial charge is 0.370 e. The van der Waals surface area contributed by atoms with Crippen LogP contribution in [0.2, 0.25) is 0 Å². The lowest BCUT2D eigenvalue weighted by Crippen LogP contribution is -2.27. The van der Waals surface area contributed by atoms with E-state index in [-0.39, 0.29) is 11.5 Å². The lowest BCUT2D eigenvalue weighted by atomic mass is 10.0. The summed E-state index contributed by atoms with van der Waals surface area (Å²) in [5.74, 6) is -1.80. The zero-order valence-corrected chi connectivity index (χ0v) is 10.8. The first-order chi connectivity index (χ1) is 9.34. The third-order valence-electron chi connectivity index (χ3n) is 3.21. The van der Waals surface area contributed by atoms with Gasteiger partial charge in [0.05, 0.1) is 5.56 Å². The minimum absolute atomic E-state index is 0.0825. The normalized spacial score (nSPS) is 17.1. The van der Waals surface area contributed by atoms with Crippen LogP contribution in [0.5, 0.6) is 0 Å². The summed E-state index contributed by atoms with van der Waals surface area (Å²) in [7, 11) is 0. The number of hydrogen-bond acceptors (Lipinski definition) is 2. The van der Waals surface area contributed by atoms with Gasteiger partial charge in [0.15, 0.2) is 5.78 Å². The summed E-state index contributed by atoms with van der Waals surface area (Å²) in [6.45, 7) is 2.06. The van der Waals surface area contributed by atoms with E-state index in [1.165, 1.54) is 0 Å². The number of alkyl halides is 3. The Labute approximate surface area is 113 Å². The lowest BCUT2D eigenvalue weighted by molar-refractivity contribution is -0.140. The second-order valence-electron chi connectivity index (χ2n) is 4.77. The molecule has 0 aromatic heterocycles. The van der Waals surface area contributed by atoms with Gasteiger partial charge in [-0.25, -0.2) is 4.39 Å². The number of Topliss-reactive ketones (excluding diaryl/α,β-unsaturated/α-hetero) is 1. The number of benzene rings is 1. The van der Waals surface area contributed by atoms with Crippen LogP contribution in [0.1, 0.15) is 35.7 Å². The molecule has 1 aromatic rings. The first-order valence-corrected chi connectivity index (χ1v) is 6.37. The summed E-state index contributed by atoms with van der Waals surface area (Å²) in [6, 6.07) is 2.24. The van der Waals surface area contributed by atoms with Gasteiger partial charge in [-0.2, -0.15) is 13.2 Å². The third kappa shape index (κ3) is 3.17. The van der Waals surface area contributed by atoms with Crippen LogP contribution in [0, 0.1) is 11.7 Å². The predicted molar refractivity (Wildman–Crippen MR) is 63.9 cm³/mol. The van der Waals surface area contributed by atoms with Crippen LogP contribution < -0.4 is 0 Å². The van der Waals surface area contributed by atoms with Crippen LogP contribution >= 0.6 is 0 Å². The molecule has 110 valence electrons. The van der Waals surface area contributed by atoms with Gasteiger partial charge in [0.1, 0.15) is 11.9 Å². The zero-order valence-electron chi connectivity index (χ0n) is 10.8. The third-order valence-corrected chi connectivity index (χ3v) is 3.21. The van der Waals surface area contributed by atoms with Gasteiger partial charge in [0.2, 0.25) is 0 Å². The molecule has 0 amide bonds. The summed E-state index contributed by atoms with van der Waals surface area (Å²) in [4.78, 5) is 12.2. The standard InChI is InChI=1S/C14H14F4O2/c1-2-20-13(8-3-4-8)12(19)9-5-6-10(11(15)7-9)14(16,17)18/h5-8,13H,2-4H2,1H3. The Morgan fingerprint density at radius 3 is 2.50 bits per heavy atom. The average Bonchev–Trinajstić information content (AvgIpc) is 3.17. The highest BCUT2D eigenvalue weighted by Gasteiger charge is 2.38. The van der Waals surface area contributed by atoms with E-state index in [9.17, 15) is 22.4 Å². The molecule has 1 fully saturated rings. The van der Waals surface area contributed by atoms with E-state index in [2.05, 4.69) is 0 Å². The maximum atomic E-state index is 13.5. The molecule has 20 heavy (non-hydrogen) atoms. The van der Waals surface area contributed by atoms with Gasteiger partial charge in [-0.1, -0.05) is 6.07 Å². The number of ether oxygens (including phenoxy) is 1. The second kappa shape index (κ2) is 5.52. The Morgan fingerprint density at radius 1 is 1.40 bits per heavy atom. The van der Waals surface area contributed by atoms with E-state index >= 15 is 0 Å². The van der Waals surface area contributed by atoms with E-state index < -0.39 is 29.4 Å². The van der Waals surface area contributed by atoms with Crippen LogP contribution in [-0.4, -0.2) is 18.5 Å². The molecule has 0 saturated heterocycles.